The van der Waals surface area contributed by atoms with Gasteiger partial charge in [-0.05, 0) is 26.0 Å². The summed E-state index contributed by atoms with van der Waals surface area (Å²) in [4.78, 5) is 18.5. The van der Waals surface area contributed by atoms with Crippen LogP contribution in [0.15, 0.2) is 23.7 Å². The first-order valence-corrected chi connectivity index (χ1v) is 7.62. The molecule has 1 aliphatic heterocycles. The zero-order valence-corrected chi connectivity index (χ0v) is 12.5. The SMILES string of the molecule is Cc1csc(NC(=O)CN2CCn3cccc3C2C)n1. The molecule has 0 aromatic carbocycles. The van der Waals surface area contributed by atoms with Gasteiger partial charge in [-0.1, -0.05) is 0 Å². The Morgan fingerprint density at radius 3 is 3.15 bits per heavy atom. The van der Waals surface area contributed by atoms with Crippen molar-refractivity contribution in [2.24, 2.45) is 0 Å². The average Bonchev–Trinajstić information content (AvgIpc) is 3.02. The summed E-state index contributed by atoms with van der Waals surface area (Å²) >= 11 is 1.46. The summed E-state index contributed by atoms with van der Waals surface area (Å²) in [6.07, 6.45) is 2.10. The van der Waals surface area contributed by atoms with Gasteiger partial charge < -0.3 is 9.88 Å². The molecule has 5 nitrogen and oxygen atoms in total. The molecular formula is C14H18N4OS. The Hall–Kier alpha value is -1.66. The maximum atomic E-state index is 12.1. The fraction of sp³-hybridized carbons (Fsp3) is 0.429. The molecule has 0 saturated heterocycles. The monoisotopic (exact) mass is 290 g/mol. The number of amides is 1. The van der Waals surface area contributed by atoms with Gasteiger partial charge in [0, 0.05) is 36.4 Å². The van der Waals surface area contributed by atoms with Crippen LogP contribution in [-0.4, -0.2) is 33.4 Å². The molecule has 20 heavy (non-hydrogen) atoms. The molecule has 0 bridgehead atoms. The summed E-state index contributed by atoms with van der Waals surface area (Å²) < 4.78 is 2.25. The standard InChI is InChI=1S/C14H18N4OS/c1-10-9-20-14(15-10)16-13(19)8-18-7-6-17-5-3-4-12(17)11(18)2/h3-5,9,11H,6-8H2,1-2H3,(H,15,16,19). The molecule has 106 valence electrons. The minimum atomic E-state index is 0.00575. The Labute approximate surface area is 122 Å². The van der Waals surface area contributed by atoms with Crippen molar-refractivity contribution in [2.45, 2.75) is 26.4 Å². The van der Waals surface area contributed by atoms with Crippen molar-refractivity contribution in [3.05, 3.63) is 35.1 Å². The van der Waals surface area contributed by atoms with Gasteiger partial charge in [0.2, 0.25) is 5.91 Å². The van der Waals surface area contributed by atoms with Gasteiger partial charge in [0.1, 0.15) is 0 Å². The molecule has 0 fully saturated rings. The number of aryl methyl sites for hydroxylation is 1. The summed E-state index contributed by atoms with van der Waals surface area (Å²) in [6.45, 7) is 6.31. The molecule has 1 aliphatic rings. The number of aromatic nitrogens is 2. The van der Waals surface area contributed by atoms with Crippen molar-refractivity contribution in [3.63, 3.8) is 0 Å². The lowest BCUT2D eigenvalue weighted by Crippen LogP contribution is -2.41. The van der Waals surface area contributed by atoms with Gasteiger partial charge in [-0.15, -0.1) is 11.3 Å². The fourth-order valence-electron chi connectivity index (χ4n) is 2.60. The first-order valence-electron chi connectivity index (χ1n) is 6.74. The lowest BCUT2D eigenvalue weighted by Gasteiger charge is -2.34. The Balaban J connectivity index is 1.62. The van der Waals surface area contributed by atoms with Crippen LogP contribution >= 0.6 is 11.3 Å². The van der Waals surface area contributed by atoms with Gasteiger partial charge in [-0.3, -0.25) is 9.69 Å². The van der Waals surface area contributed by atoms with Crippen LogP contribution in [-0.2, 0) is 11.3 Å². The second-order valence-corrected chi connectivity index (χ2v) is 5.97. The normalized spacial score (nSPS) is 18.8. The minimum absolute atomic E-state index is 0.00575. The molecule has 1 atom stereocenters. The van der Waals surface area contributed by atoms with Crippen molar-refractivity contribution < 1.29 is 4.79 Å². The molecule has 3 heterocycles. The number of nitrogens with zero attached hydrogens (tertiary/aromatic N) is 3. The first-order chi connectivity index (χ1) is 9.63. The Morgan fingerprint density at radius 1 is 1.55 bits per heavy atom. The van der Waals surface area contributed by atoms with Crippen molar-refractivity contribution in [2.75, 3.05) is 18.4 Å². The zero-order valence-electron chi connectivity index (χ0n) is 11.7. The number of fused-ring (bicyclic) bond motifs is 1. The van der Waals surface area contributed by atoms with Crippen LogP contribution in [0.25, 0.3) is 0 Å². The number of hydrogen-bond acceptors (Lipinski definition) is 4. The number of thiazole rings is 1. The third-order valence-electron chi connectivity index (χ3n) is 3.68. The summed E-state index contributed by atoms with van der Waals surface area (Å²) in [5.41, 5.74) is 2.21. The number of anilines is 1. The first kappa shape index (κ1) is 13.3. The number of carbonyl (C=O) groups excluding carboxylic acids is 1. The van der Waals surface area contributed by atoms with Crippen LogP contribution in [0, 0.1) is 6.92 Å². The van der Waals surface area contributed by atoms with Crippen LogP contribution in [0.3, 0.4) is 0 Å². The molecule has 1 unspecified atom stereocenters. The summed E-state index contributed by atoms with van der Waals surface area (Å²) in [6, 6.07) is 4.45. The average molecular weight is 290 g/mol. The van der Waals surface area contributed by atoms with E-state index >= 15 is 0 Å². The Kier molecular flexibility index (Phi) is 3.58. The molecule has 0 radical (unpaired) electrons. The molecule has 1 amide bonds. The van der Waals surface area contributed by atoms with E-state index < -0.39 is 0 Å². The summed E-state index contributed by atoms with van der Waals surface area (Å²) in [7, 11) is 0. The third kappa shape index (κ3) is 2.62. The quantitative estimate of drug-likeness (QED) is 0.943. The van der Waals surface area contributed by atoms with Crippen molar-refractivity contribution in [1.29, 1.82) is 0 Å². The van der Waals surface area contributed by atoms with Crippen LogP contribution in [0.4, 0.5) is 5.13 Å². The van der Waals surface area contributed by atoms with E-state index in [1.807, 2.05) is 12.3 Å². The maximum Gasteiger partial charge on any atom is 0.240 e. The van der Waals surface area contributed by atoms with Crippen molar-refractivity contribution in [1.82, 2.24) is 14.5 Å². The largest absolute Gasteiger partial charge is 0.349 e. The van der Waals surface area contributed by atoms with E-state index in [0.717, 1.165) is 18.8 Å². The van der Waals surface area contributed by atoms with Crippen LogP contribution < -0.4 is 5.32 Å². The van der Waals surface area contributed by atoms with E-state index in [4.69, 9.17) is 0 Å². The lowest BCUT2D eigenvalue weighted by atomic mass is 10.1. The molecule has 1 N–H and O–H groups in total. The van der Waals surface area contributed by atoms with E-state index in [-0.39, 0.29) is 11.9 Å². The molecule has 0 saturated carbocycles. The molecule has 2 aromatic heterocycles. The van der Waals surface area contributed by atoms with Crippen LogP contribution in [0.1, 0.15) is 24.4 Å². The molecule has 6 heteroatoms. The predicted octanol–water partition coefficient (Wildman–Crippen LogP) is 2.27. The lowest BCUT2D eigenvalue weighted by molar-refractivity contribution is -0.118. The second kappa shape index (κ2) is 5.38. The smallest absolute Gasteiger partial charge is 0.240 e. The number of carbonyl (C=O) groups is 1. The van der Waals surface area contributed by atoms with Gasteiger partial charge in [-0.25, -0.2) is 4.98 Å². The van der Waals surface area contributed by atoms with Gasteiger partial charge in [0.05, 0.1) is 12.2 Å². The second-order valence-electron chi connectivity index (χ2n) is 5.12. The van der Waals surface area contributed by atoms with Crippen LogP contribution in [0.5, 0.6) is 0 Å². The fourth-order valence-corrected chi connectivity index (χ4v) is 3.30. The number of nitrogens with one attached hydrogen (secondary N) is 1. The minimum Gasteiger partial charge on any atom is -0.349 e. The van der Waals surface area contributed by atoms with Gasteiger partial charge in [-0.2, -0.15) is 0 Å². The Morgan fingerprint density at radius 2 is 2.40 bits per heavy atom. The molecular weight excluding hydrogens is 272 g/mol. The van der Waals surface area contributed by atoms with Gasteiger partial charge in [0.15, 0.2) is 5.13 Å². The third-order valence-corrected chi connectivity index (χ3v) is 4.56. The van der Waals surface area contributed by atoms with Crippen LogP contribution in [0.2, 0.25) is 0 Å². The molecule has 0 aliphatic carbocycles. The van der Waals surface area contributed by atoms with Gasteiger partial charge >= 0.3 is 0 Å². The summed E-state index contributed by atoms with van der Waals surface area (Å²) in [5, 5.41) is 5.49. The van der Waals surface area contributed by atoms with Crippen molar-refractivity contribution in [3.8, 4) is 0 Å². The highest BCUT2D eigenvalue weighted by Crippen LogP contribution is 2.25. The summed E-state index contributed by atoms with van der Waals surface area (Å²) in [5.74, 6) is 0.00575. The van der Waals surface area contributed by atoms with E-state index in [1.54, 1.807) is 0 Å². The van der Waals surface area contributed by atoms with Crippen molar-refractivity contribution >= 4 is 22.4 Å². The molecule has 2 aromatic rings. The highest BCUT2D eigenvalue weighted by atomic mass is 32.1. The molecule has 3 rings (SSSR count). The van der Waals surface area contributed by atoms with E-state index in [1.165, 1.54) is 17.0 Å². The van der Waals surface area contributed by atoms with Gasteiger partial charge in [0.25, 0.3) is 0 Å². The number of hydrogen-bond donors (Lipinski definition) is 1. The molecule has 0 spiro atoms. The highest BCUT2D eigenvalue weighted by molar-refractivity contribution is 7.13. The van der Waals surface area contributed by atoms with E-state index in [2.05, 4.69) is 45.0 Å². The predicted molar refractivity (Wildman–Crippen MR) is 79.9 cm³/mol. The Bertz CT molecular complexity index is 618. The number of rotatable bonds is 3. The maximum absolute atomic E-state index is 12.1. The topological polar surface area (TPSA) is 50.2 Å². The zero-order chi connectivity index (χ0) is 14.1. The van der Waals surface area contributed by atoms with E-state index in [0.29, 0.717) is 11.7 Å². The highest BCUT2D eigenvalue weighted by Gasteiger charge is 2.25. The van der Waals surface area contributed by atoms with E-state index in [9.17, 15) is 4.79 Å².